The summed E-state index contributed by atoms with van der Waals surface area (Å²) < 4.78 is 10.8. The summed E-state index contributed by atoms with van der Waals surface area (Å²) in [5.41, 5.74) is 23.4. The average Bonchev–Trinajstić information content (AvgIpc) is 1.29. The van der Waals surface area contributed by atoms with Gasteiger partial charge in [-0.1, -0.05) is 233 Å². The molecule has 1 N–H and O–H groups in total. The topological polar surface area (TPSA) is 196 Å². The molecule has 0 saturated heterocycles. The minimum atomic E-state index is -0.897. The molecule has 0 bridgehead atoms. The number of aliphatic hydroxyl groups excluding tert-OH is 1. The van der Waals surface area contributed by atoms with E-state index in [2.05, 4.69) is 170 Å². The lowest BCUT2D eigenvalue weighted by Gasteiger charge is -2.17. The first kappa shape index (κ1) is 86.0. The van der Waals surface area contributed by atoms with Crippen LogP contribution in [-0.4, -0.2) is 52.6 Å². The maximum Gasteiger partial charge on any atom is 0.252 e. The van der Waals surface area contributed by atoms with Crippen molar-refractivity contribution in [2.24, 2.45) is 36.9 Å². The van der Waals surface area contributed by atoms with E-state index in [1.807, 2.05) is 165 Å². The summed E-state index contributed by atoms with van der Waals surface area (Å²) in [6.07, 6.45) is 6.50. The summed E-state index contributed by atoms with van der Waals surface area (Å²) in [7, 11) is 1.63. The maximum atomic E-state index is 9.44. The minimum Gasteiger partial charge on any atom is -0.496 e. The van der Waals surface area contributed by atoms with Crippen molar-refractivity contribution in [2.75, 3.05) is 7.11 Å². The van der Waals surface area contributed by atoms with Crippen LogP contribution in [0.2, 0.25) is 0 Å². The predicted molar refractivity (Wildman–Crippen MR) is 438 cm³/mol. The van der Waals surface area contributed by atoms with Crippen molar-refractivity contribution < 1.29 is 43.6 Å². The molecule has 6 heterocycles. The SMILES string of the molecule is C.CC1=NOC(c2c(C)cc(C)cc2C)C1.CC1=NOC(c2ccccc2)C1.CC1=NOC(c2ccccc2C)C1.CC1=NO[C@@](C#N)(c2ccccc2)C1.COc1cc(C)cc(CO)c1C1CC(C)=NO1.Cc1ccc(CC(C)C)cc1.Cc1ccc(OC(C)C)cc1.[C-]#[N+]c1ccccc1C1CC(C)=NO1. The fourth-order valence-corrected chi connectivity index (χ4v) is 12.6. The Bertz CT molecular complexity index is 4340. The quantitative estimate of drug-likeness (QED) is 0.115. The third kappa shape index (κ3) is 26.6. The highest BCUT2D eigenvalue weighted by Crippen LogP contribution is 2.39. The Hall–Kier alpha value is -10.9. The van der Waals surface area contributed by atoms with Crippen LogP contribution in [0, 0.1) is 72.3 Å². The van der Waals surface area contributed by atoms with Gasteiger partial charge in [-0.3, -0.25) is 0 Å². The first-order valence-electron chi connectivity index (χ1n) is 36.7. The van der Waals surface area contributed by atoms with Crippen LogP contribution in [-0.2, 0) is 47.7 Å². The molecule has 8 aromatic carbocycles. The Balaban J connectivity index is 0.000000193. The van der Waals surface area contributed by atoms with Gasteiger partial charge in [-0.05, 0) is 179 Å². The van der Waals surface area contributed by atoms with Crippen LogP contribution in [0.1, 0.15) is 229 Å². The zero-order valence-corrected chi connectivity index (χ0v) is 65.8. The van der Waals surface area contributed by atoms with Crippen LogP contribution in [0.3, 0.4) is 0 Å². The van der Waals surface area contributed by atoms with Gasteiger partial charge in [0.15, 0.2) is 30.1 Å². The molecule has 0 saturated carbocycles. The molecule has 14 rings (SSSR count). The number of aliphatic hydroxyl groups is 1. The first-order valence-corrected chi connectivity index (χ1v) is 36.7. The number of rotatable bonds is 12. The molecule has 0 radical (unpaired) electrons. The monoisotopic (exact) mass is 1460 g/mol. The van der Waals surface area contributed by atoms with Crippen LogP contribution < -0.4 is 9.47 Å². The number of aryl methyl sites for hydroxylation is 7. The van der Waals surface area contributed by atoms with Crippen molar-refractivity contribution in [1.29, 1.82) is 5.26 Å². The van der Waals surface area contributed by atoms with Crippen LogP contribution >= 0.6 is 0 Å². The normalized spacial score (nSPS) is 18.6. The highest BCUT2D eigenvalue weighted by atomic mass is 16.7. The van der Waals surface area contributed by atoms with Crippen molar-refractivity contribution in [2.45, 2.75) is 219 Å². The number of methoxy groups -OCH3 is 1. The second-order valence-corrected chi connectivity index (χ2v) is 28.5. The molecule has 0 aromatic heterocycles. The molecule has 0 fully saturated rings. The summed E-state index contributed by atoms with van der Waals surface area (Å²) in [5, 5.41) is 42.1. The predicted octanol–water partition coefficient (Wildman–Crippen LogP) is 23.0. The lowest BCUT2D eigenvalue weighted by atomic mass is 9.91. The van der Waals surface area contributed by atoms with Gasteiger partial charge in [0.2, 0.25) is 0 Å². The van der Waals surface area contributed by atoms with E-state index >= 15 is 0 Å². The molecule has 108 heavy (non-hydrogen) atoms. The van der Waals surface area contributed by atoms with Gasteiger partial charge in [-0.25, -0.2) is 4.85 Å². The van der Waals surface area contributed by atoms with Crippen molar-refractivity contribution >= 4 is 40.0 Å². The number of ether oxygens (including phenoxy) is 2. The number of nitrogens with zero attached hydrogens (tertiary/aromatic N) is 8. The van der Waals surface area contributed by atoms with Crippen molar-refractivity contribution in [3.05, 3.63) is 277 Å². The number of nitriles is 1. The Morgan fingerprint density at radius 2 is 0.935 bits per heavy atom. The summed E-state index contributed by atoms with van der Waals surface area (Å²) in [4.78, 5) is 35.3. The van der Waals surface area contributed by atoms with Crippen molar-refractivity contribution in [3.8, 4) is 17.6 Å². The van der Waals surface area contributed by atoms with Gasteiger partial charge in [0.25, 0.3) is 5.60 Å². The third-order valence-corrected chi connectivity index (χ3v) is 17.8. The summed E-state index contributed by atoms with van der Waals surface area (Å²) in [6, 6.07) is 62.9. The zero-order valence-electron chi connectivity index (χ0n) is 65.8. The Kier molecular flexibility index (Phi) is 34.3. The van der Waals surface area contributed by atoms with Crippen LogP contribution in [0.5, 0.6) is 11.5 Å². The molecule has 17 nitrogen and oxygen atoms in total. The Labute approximate surface area is 642 Å². The molecule has 0 spiro atoms. The fraction of sp³-hybridized carbons (Fsp3) is 0.385. The number of benzene rings is 8. The summed E-state index contributed by atoms with van der Waals surface area (Å²) >= 11 is 0. The number of hydrogen-bond donors (Lipinski definition) is 1. The van der Waals surface area contributed by atoms with E-state index in [0.717, 1.165) is 112 Å². The molecule has 0 amide bonds. The molecular weight excluding hydrogens is 1350 g/mol. The zero-order chi connectivity index (χ0) is 77.6. The van der Waals surface area contributed by atoms with Crippen molar-refractivity contribution in [3.63, 3.8) is 0 Å². The second kappa shape index (κ2) is 43.1. The molecule has 17 heteroatoms. The van der Waals surface area contributed by atoms with Crippen LogP contribution in [0.15, 0.2) is 213 Å². The van der Waals surface area contributed by atoms with Crippen LogP contribution in [0.4, 0.5) is 5.69 Å². The standard InChI is InChI=1S/C13H17NO3.C13H17NO.2C11H10N2O.C11H13NO.C11H16.C10H11NO.C10H14O.CH4/c1-8-4-10(7-15)13(11(5-8)16-3)12-6-9(2)14-17-12;1-8-5-9(2)13(10(3)6-8)12-7-11(4)14-15-12;1-8-7-11(14-13-8)9-5-3-4-6-10(9)12-2;1-9-7-11(8-12,14-13-9)10-5-3-2-4-6-10;1-8-5-3-4-6-10(8)11-7-9(2)12-13-11;1-9(2)8-11-6-4-10(3)5-7-11;1-8-7-10(12-11-8)9-5-3-2-4-6-9;1-8(2)11-10-6-4-9(3)5-7-10;/h4-5,12,15H,6-7H2,1-3H3;5-6,12H,7H2,1-4H3;3-6,11H,7H2,1H3;2-6H,7H2,1H3;3-6,11H,7H2,1-2H3;4-7,9H,8H2,1-3H3;2-6,10H,7H2,1H3;4-8H,1-3H3;1H4/t;;;11-;;;;;/m...0...../s1. The van der Waals surface area contributed by atoms with E-state index in [9.17, 15) is 5.11 Å². The Morgan fingerprint density at radius 3 is 1.38 bits per heavy atom. The highest BCUT2D eigenvalue weighted by molar-refractivity contribution is 5.86. The number of hydrogen-bond acceptors (Lipinski definition) is 16. The third-order valence-electron chi connectivity index (χ3n) is 17.8. The lowest BCUT2D eigenvalue weighted by molar-refractivity contribution is 0.0243. The number of oxime groups is 6. The van der Waals surface area contributed by atoms with E-state index in [1.54, 1.807) is 13.2 Å². The molecule has 5 unspecified atom stereocenters. The maximum absolute atomic E-state index is 9.44. The molecular formula is C91H112N8O9. The minimum absolute atomic E-state index is 0. The largest absolute Gasteiger partial charge is 0.496 e. The molecule has 8 aromatic rings. The van der Waals surface area contributed by atoms with Crippen LogP contribution in [0.25, 0.3) is 4.85 Å². The first-order chi connectivity index (χ1) is 51.3. The van der Waals surface area contributed by atoms with E-state index in [0.29, 0.717) is 12.1 Å². The summed E-state index contributed by atoms with van der Waals surface area (Å²) in [5.74, 6) is 2.47. The van der Waals surface area contributed by atoms with E-state index in [-0.39, 0.29) is 50.7 Å². The summed E-state index contributed by atoms with van der Waals surface area (Å²) in [6.45, 7) is 42.0. The Morgan fingerprint density at radius 1 is 0.491 bits per heavy atom. The second-order valence-electron chi connectivity index (χ2n) is 28.5. The van der Waals surface area contributed by atoms with E-state index in [1.165, 1.54) is 62.1 Å². The fourth-order valence-electron chi connectivity index (χ4n) is 12.6. The molecule has 6 aliphatic rings. The highest BCUT2D eigenvalue weighted by Gasteiger charge is 2.40. The number of para-hydroxylation sites is 1. The molecule has 6 atom stereocenters. The van der Waals surface area contributed by atoms with Gasteiger partial charge in [-0.15, -0.1) is 0 Å². The van der Waals surface area contributed by atoms with Gasteiger partial charge in [-0.2, -0.15) is 5.26 Å². The van der Waals surface area contributed by atoms with E-state index in [4.69, 9.17) is 50.3 Å². The van der Waals surface area contributed by atoms with Gasteiger partial charge >= 0.3 is 0 Å². The van der Waals surface area contributed by atoms with Gasteiger partial charge in [0, 0.05) is 60.8 Å². The lowest BCUT2D eigenvalue weighted by Crippen LogP contribution is -2.23. The van der Waals surface area contributed by atoms with Gasteiger partial charge < -0.3 is 43.6 Å². The molecule has 570 valence electrons. The van der Waals surface area contributed by atoms with Gasteiger partial charge in [0.05, 0.1) is 60.7 Å². The van der Waals surface area contributed by atoms with Gasteiger partial charge in [0.1, 0.15) is 23.7 Å². The molecule has 0 aliphatic carbocycles. The molecule has 6 aliphatic heterocycles. The smallest absolute Gasteiger partial charge is 0.252 e. The van der Waals surface area contributed by atoms with Crippen molar-refractivity contribution in [1.82, 2.24) is 0 Å². The average molecular weight is 1460 g/mol. The van der Waals surface area contributed by atoms with E-state index < -0.39 is 5.60 Å².